The summed E-state index contributed by atoms with van der Waals surface area (Å²) >= 11 is 0. The minimum atomic E-state index is -0.745. The minimum absolute atomic E-state index is 0.00258. The highest BCUT2D eigenvalue weighted by Gasteiger charge is 2.23. The molecule has 0 unspecified atom stereocenters. The number of imidazole rings is 1. The lowest BCUT2D eigenvalue weighted by molar-refractivity contribution is 0.182. The van der Waals surface area contributed by atoms with Crippen molar-refractivity contribution in [3.05, 3.63) is 77.1 Å². The van der Waals surface area contributed by atoms with Crippen molar-refractivity contribution < 1.29 is 9.53 Å². The smallest absolute Gasteiger partial charge is 0.404 e. The zero-order chi connectivity index (χ0) is 29.8. The number of nitrogens with zero attached hydrogens (tertiary/aromatic N) is 7. The Morgan fingerprint density at radius 1 is 1.05 bits per heavy atom. The van der Waals surface area contributed by atoms with E-state index in [1.165, 1.54) is 7.11 Å². The molecule has 0 atom stereocenters. The lowest BCUT2D eigenvalue weighted by Gasteiger charge is -2.13. The van der Waals surface area contributed by atoms with Crippen molar-refractivity contribution in [3.63, 3.8) is 0 Å². The molecule has 0 radical (unpaired) electrons. The van der Waals surface area contributed by atoms with Gasteiger partial charge < -0.3 is 15.8 Å². The molecule has 1 saturated carbocycles. The summed E-state index contributed by atoms with van der Waals surface area (Å²) in [5, 5.41) is 17.0. The van der Waals surface area contributed by atoms with E-state index in [1.54, 1.807) is 28.6 Å². The summed E-state index contributed by atoms with van der Waals surface area (Å²) < 4.78 is 9.24. The van der Waals surface area contributed by atoms with E-state index in [9.17, 15) is 14.9 Å². The van der Waals surface area contributed by atoms with Gasteiger partial charge in [-0.3, -0.25) is 13.8 Å². The SMILES string of the molecule is COC(N)=O.Cn1cc(-c2cc(Nc3cc4c(cn3)n(C)c(=O)n4C3CCCC3)nc(-c3cccc(C#N)c3)c2)cn1. The van der Waals surface area contributed by atoms with Crippen LogP contribution in [0.2, 0.25) is 0 Å². The summed E-state index contributed by atoms with van der Waals surface area (Å²) in [4.78, 5) is 31.8. The molecule has 214 valence electrons. The minimum Gasteiger partial charge on any atom is -0.453 e. The van der Waals surface area contributed by atoms with E-state index in [0.29, 0.717) is 17.2 Å². The number of anilines is 2. The summed E-state index contributed by atoms with van der Waals surface area (Å²) in [6.07, 6.45) is 9.08. The van der Waals surface area contributed by atoms with Gasteiger partial charge in [0.2, 0.25) is 0 Å². The fourth-order valence-corrected chi connectivity index (χ4v) is 5.20. The lowest BCUT2D eigenvalue weighted by atomic mass is 10.0. The number of carbonyl (C=O) groups is 1. The van der Waals surface area contributed by atoms with Crippen molar-refractivity contribution in [2.45, 2.75) is 31.7 Å². The molecule has 1 amide bonds. The van der Waals surface area contributed by atoms with E-state index in [-0.39, 0.29) is 11.7 Å². The molecule has 1 fully saturated rings. The molecule has 3 N–H and O–H groups in total. The molecule has 1 aliphatic carbocycles. The van der Waals surface area contributed by atoms with Gasteiger partial charge in [0.1, 0.15) is 11.6 Å². The number of methoxy groups -OCH3 is 1. The number of ether oxygens (including phenoxy) is 1. The standard InChI is InChI=1S/C28H26N8O.C2H5NO2/c1-34-17-21(15-31-34)20-11-23(19-7-5-6-18(10-19)14-29)32-27(12-20)33-26-13-24-25(16-30-26)35(2)28(37)36(24)22-8-3-4-9-22;1-5-2(3)4/h5-7,10-13,15-17,22H,3-4,8-9H2,1-2H3,(H,30,32,33);1H3,(H2,3,4). The first-order valence-electron chi connectivity index (χ1n) is 13.5. The van der Waals surface area contributed by atoms with Gasteiger partial charge in [0.05, 0.1) is 47.9 Å². The number of nitrogens with one attached hydrogen (secondary N) is 1. The molecular formula is C30H31N9O3. The maximum Gasteiger partial charge on any atom is 0.404 e. The van der Waals surface area contributed by atoms with Gasteiger partial charge in [0.15, 0.2) is 0 Å². The molecule has 4 heterocycles. The van der Waals surface area contributed by atoms with E-state index < -0.39 is 6.09 Å². The lowest BCUT2D eigenvalue weighted by Crippen LogP contribution is -2.24. The molecule has 42 heavy (non-hydrogen) atoms. The van der Waals surface area contributed by atoms with Gasteiger partial charge in [-0.15, -0.1) is 0 Å². The van der Waals surface area contributed by atoms with Crippen molar-refractivity contribution in [2.75, 3.05) is 12.4 Å². The molecule has 0 bridgehead atoms. The van der Waals surface area contributed by atoms with E-state index in [0.717, 1.165) is 59.1 Å². The molecule has 5 aromatic rings. The molecule has 4 aromatic heterocycles. The highest BCUT2D eigenvalue weighted by molar-refractivity contribution is 5.80. The van der Waals surface area contributed by atoms with Crippen molar-refractivity contribution >= 4 is 28.8 Å². The second-order valence-corrected chi connectivity index (χ2v) is 10.1. The van der Waals surface area contributed by atoms with E-state index >= 15 is 0 Å². The maximum absolute atomic E-state index is 13.0. The van der Waals surface area contributed by atoms with Crippen LogP contribution in [0.1, 0.15) is 37.3 Å². The molecule has 0 saturated heterocycles. The number of hydrogen-bond donors (Lipinski definition) is 2. The number of aromatic nitrogens is 6. The molecular weight excluding hydrogens is 534 g/mol. The number of nitriles is 1. The van der Waals surface area contributed by atoms with Crippen LogP contribution in [-0.4, -0.2) is 42.1 Å². The predicted molar refractivity (Wildman–Crippen MR) is 159 cm³/mol. The molecule has 12 nitrogen and oxygen atoms in total. The van der Waals surface area contributed by atoms with Crippen LogP contribution in [0.5, 0.6) is 0 Å². The van der Waals surface area contributed by atoms with Crippen molar-refractivity contribution in [3.8, 4) is 28.5 Å². The molecule has 1 aliphatic rings. The van der Waals surface area contributed by atoms with E-state index in [1.807, 2.05) is 60.4 Å². The van der Waals surface area contributed by atoms with Crippen LogP contribution in [0.4, 0.5) is 16.4 Å². The van der Waals surface area contributed by atoms with Gasteiger partial charge >= 0.3 is 11.8 Å². The van der Waals surface area contributed by atoms with E-state index in [2.05, 4.69) is 31.9 Å². The van der Waals surface area contributed by atoms with Gasteiger partial charge in [-0.25, -0.2) is 19.6 Å². The van der Waals surface area contributed by atoms with Crippen LogP contribution in [0.15, 0.2) is 65.8 Å². The zero-order valence-corrected chi connectivity index (χ0v) is 23.6. The second-order valence-electron chi connectivity index (χ2n) is 10.1. The third kappa shape index (κ3) is 5.85. The largest absolute Gasteiger partial charge is 0.453 e. The number of primary amides is 1. The van der Waals surface area contributed by atoms with Crippen LogP contribution < -0.4 is 16.7 Å². The summed E-state index contributed by atoms with van der Waals surface area (Å²) in [5.41, 5.74) is 10.1. The Morgan fingerprint density at radius 2 is 1.81 bits per heavy atom. The second kappa shape index (κ2) is 12.0. The third-order valence-corrected chi connectivity index (χ3v) is 7.27. The zero-order valence-electron chi connectivity index (χ0n) is 23.6. The Morgan fingerprint density at radius 3 is 2.48 bits per heavy atom. The van der Waals surface area contributed by atoms with Crippen molar-refractivity contribution in [2.24, 2.45) is 19.8 Å². The number of hydrogen-bond acceptors (Lipinski definition) is 8. The number of carbonyl (C=O) groups excluding carboxylic acids is 1. The van der Waals surface area contributed by atoms with Crippen LogP contribution in [0.25, 0.3) is 33.4 Å². The monoisotopic (exact) mass is 565 g/mol. The predicted octanol–water partition coefficient (Wildman–Crippen LogP) is 4.64. The summed E-state index contributed by atoms with van der Waals surface area (Å²) in [7, 11) is 4.90. The summed E-state index contributed by atoms with van der Waals surface area (Å²) in [6.45, 7) is 0. The topological polar surface area (TPSA) is 159 Å². The van der Waals surface area contributed by atoms with Crippen molar-refractivity contribution in [1.29, 1.82) is 5.26 Å². The molecule has 0 aliphatic heterocycles. The fraction of sp³-hybridized carbons (Fsp3) is 0.267. The quantitative estimate of drug-likeness (QED) is 0.312. The number of nitrogens with two attached hydrogens (primary N) is 1. The van der Waals surface area contributed by atoms with Gasteiger partial charge in [-0.2, -0.15) is 10.4 Å². The summed E-state index contributed by atoms with van der Waals surface area (Å²) in [5.74, 6) is 1.22. The van der Waals surface area contributed by atoms with Crippen LogP contribution in [0.3, 0.4) is 0 Å². The highest BCUT2D eigenvalue weighted by atomic mass is 16.5. The van der Waals surface area contributed by atoms with Crippen LogP contribution >= 0.6 is 0 Å². The first kappa shape index (κ1) is 28.1. The number of fused-ring (bicyclic) bond motifs is 1. The average Bonchev–Trinajstić information content (AvgIpc) is 3.74. The number of aryl methyl sites for hydroxylation is 2. The molecule has 1 aromatic carbocycles. The Kier molecular flexibility index (Phi) is 8.01. The normalized spacial score (nSPS) is 12.9. The Hall–Kier alpha value is -5.44. The third-order valence-electron chi connectivity index (χ3n) is 7.27. The molecule has 6 rings (SSSR count). The number of amides is 1. The van der Waals surface area contributed by atoms with Gasteiger partial charge in [-0.1, -0.05) is 25.0 Å². The number of pyridine rings is 2. The van der Waals surface area contributed by atoms with Crippen LogP contribution in [0, 0.1) is 11.3 Å². The molecule has 0 spiro atoms. The molecule has 12 heteroatoms. The fourth-order valence-electron chi connectivity index (χ4n) is 5.20. The maximum atomic E-state index is 13.0. The first-order chi connectivity index (χ1) is 20.3. The average molecular weight is 566 g/mol. The number of benzene rings is 1. The van der Waals surface area contributed by atoms with Gasteiger partial charge in [0.25, 0.3) is 0 Å². The van der Waals surface area contributed by atoms with Gasteiger partial charge in [-0.05, 0) is 42.7 Å². The first-order valence-corrected chi connectivity index (χ1v) is 13.5. The Balaban J connectivity index is 0.000000652. The number of rotatable bonds is 5. The van der Waals surface area contributed by atoms with Crippen molar-refractivity contribution in [1.82, 2.24) is 28.9 Å². The van der Waals surface area contributed by atoms with Crippen LogP contribution in [-0.2, 0) is 18.8 Å². The van der Waals surface area contributed by atoms with E-state index in [4.69, 9.17) is 4.98 Å². The van der Waals surface area contributed by atoms with Gasteiger partial charge in [0, 0.05) is 43.5 Å². The Bertz CT molecular complexity index is 1860. The highest BCUT2D eigenvalue weighted by Crippen LogP contribution is 2.33. The Labute approximate surface area is 242 Å². The summed E-state index contributed by atoms with van der Waals surface area (Å²) in [6, 6.07) is 15.7.